The topological polar surface area (TPSA) is 92.5 Å². The van der Waals surface area contributed by atoms with Crippen LogP contribution in [0.25, 0.3) is 10.8 Å². The first-order valence-electron chi connectivity index (χ1n) is 10.3. The molecule has 0 heterocycles. The maximum Gasteiger partial charge on any atom is 0.269 e. The molecule has 0 radical (unpaired) electrons. The van der Waals surface area contributed by atoms with Gasteiger partial charge in [-0.3, -0.25) is 14.9 Å². The number of hydrogen-bond donors (Lipinski definition) is 2. The maximum absolute atomic E-state index is 12.9. The van der Waals surface area contributed by atoms with E-state index in [1.165, 1.54) is 12.1 Å². The number of rotatable bonds is 7. The number of fused-ring (bicyclic) bond motifs is 1. The fraction of sp³-hybridized carbons (Fsp3) is 0.115. The van der Waals surface area contributed by atoms with E-state index in [4.69, 9.17) is 0 Å². The monoisotopic (exact) mass is 426 g/mol. The lowest BCUT2D eigenvalue weighted by molar-refractivity contribution is -0.384. The van der Waals surface area contributed by atoms with Crippen molar-refractivity contribution in [3.8, 4) is 5.75 Å². The second kappa shape index (κ2) is 9.31. The SMILES string of the molecule is O=C(CCc1ccccc1)NC(c1cccc([N+](=O)[O-])c1)c1c(O)ccc2ccccc12. The molecule has 1 amide bonds. The summed E-state index contributed by atoms with van der Waals surface area (Å²) in [5.74, 6) is -0.193. The molecule has 1 atom stereocenters. The minimum absolute atomic E-state index is 0.0172. The van der Waals surface area contributed by atoms with E-state index in [0.717, 1.165) is 16.3 Å². The minimum atomic E-state index is -0.746. The van der Waals surface area contributed by atoms with Crippen LogP contribution in [0.4, 0.5) is 5.69 Å². The molecule has 4 aromatic rings. The fourth-order valence-corrected chi connectivity index (χ4v) is 3.86. The van der Waals surface area contributed by atoms with E-state index >= 15 is 0 Å². The first-order valence-corrected chi connectivity index (χ1v) is 10.3. The van der Waals surface area contributed by atoms with E-state index in [1.807, 2.05) is 54.6 Å². The Balaban J connectivity index is 1.73. The molecule has 0 fully saturated rings. The molecule has 0 spiro atoms. The molecule has 0 aliphatic heterocycles. The lowest BCUT2D eigenvalue weighted by Gasteiger charge is -2.22. The molecule has 0 saturated heterocycles. The molecule has 160 valence electrons. The Kier molecular flexibility index (Phi) is 6.12. The first kappa shape index (κ1) is 21.1. The summed E-state index contributed by atoms with van der Waals surface area (Å²) in [6.07, 6.45) is 0.816. The number of nitrogens with zero attached hydrogens (tertiary/aromatic N) is 1. The highest BCUT2D eigenvalue weighted by molar-refractivity contribution is 5.89. The number of amides is 1. The van der Waals surface area contributed by atoms with Gasteiger partial charge in [-0.15, -0.1) is 0 Å². The van der Waals surface area contributed by atoms with Crippen LogP contribution in [0.1, 0.15) is 29.2 Å². The van der Waals surface area contributed by atoms with Crippen molar-refractivity contribution in [2.24, 2.45) is 0 Å². The highest BCUT2D eigenvalue weighted by atomic mass is 16.6. The lowest BCUT2D eigenvalue weighted by atomic mass is 9.92. The summed E-state index contributed by atoms with van der Waals surface area (Å²) < 4.78 is 0. The molecule has 2 N–H and O–H groups in total. The van der Waals surface area contributed by atoms with Crippen LogP contribution in [0.5, 0.6) is 5.75 Å². The van der Waals surface area contributed by atoms with Crippen LogP contribution in [-0.2, 0) is 11.2 Å². The zero-order valence-corrected chi connectivity index (χ0v) is 17.3. The van der Waals surface area contributed by atoms with Crippen molar-refractivity contribution in [1.29, 1.82) is 0 Å². The standard InChI is InChI=1S/C26H22N2O4/c29-23-15-14-19-9-4-5-12-22(19)25(23)26(20-10-6-11-21(17-20)28(31)32)27-24(30)16-13-18-7-2-1-3-8-18/h1-12,14-15,17,26,29H,13,16H2,(H,27,30). The summed E-state index contributed by atoms with van der Waals surface area (Å²) in [5.41, 5.74) is 2.00. The minimum Gasteiger partial charge on any atom is -0.508 e. The van der Waals surface area contributed by atoms with E-state index in [-0.39, 0.29) is 23.8 Å². The number of phenols is 1. The molecule has 4 aromatic carbocycles. The fourth-order valence-electron chi connectivity index (χ4n) is 3.86. The van der Waals surface area contributed by atoms with Crippen molar-refractivity contribution in [3.63, 3.8) is 0 Å². The second-order valence-electron chi connectivity index (χ2n) is 7.56. The Hall–Kier alpha value is -4.19. The van der Waals surface area contributed by atoms with Crippen LogP contribution in [0.2, 0.25) is 0 Å². The average Bonchev–Trinajstić information content (AvgIpc) is 2.82. The van der Waals surface area contributed by atoms with Gasteiger partial charge in [0.25, 0.3) is 5.69 Å². The zero-order valence-electron chi connectivity index (χ0n) is 17.3. The summed E-state index contributed by atoms with van der Waals surface area (Å²) in [7, 11) is 0. The summed E-state index contributed by atoms with van der Waals surface area (Å²) in [5, 5.41) is 26.8. The van der Waals surface area contributed by atoms with Gasteiger partial charge < -0.3 is 10.4 Å². The van der Waals surface area contributed by atoms with Crippen molar-refractivity contribution in [1.82, 2.24) is 5.32 Å². The predicted octanol–water partition coefficient (Wildman–Crippen LogP) is 5.29. The predicted molar refractivity (Wildman–Crippen MR) is 123 cm³/mol. The van der Waals surface area contributed by atoms with Gasteiger partial charge in [-0.05, 0) is 34.4 Å². The van der Waals surface area contributed by atoms with Crippen molar-refractivity contribution in [2.45, 2.75) is 18.9 Å². The van der Waals surface area contributed by atoms with Crippen molar-refractivity contribution in [2.75, 3.05) is 0 Å². The third-order valence-electron chi connectivity index (χ3n) is 5.44. The molecule has 0 aromatic heterocycles. The van der Waals surface area contributed by atoms with Crippen LogP contribution in [-0.4, -0.2) is 15.9 Å². The number of carbonyl (C=O) groups is 1. The van der Waals surface area contributed by atoms with E-state index in [9.17, 15) is 20.0 Å². The Morgan fingerprint density at radius 3 is 2.47 bits per heavy atom. The van der Waals surface area contributed by atoms with Crippen LogP contribution in [0.15, 0.2) is 91.0 Å². The quantitative estimate of drug-likeness (QED) is 0.310. The van der Waals surface area contributed by atoms with Gasteiger partial charge >= 0.3 is 0 Å². The number of non-ortho nitro benzene ring substituents is 1. The molecule has 1 unspecified atom stereocenters. The Morgan fingerprint density at radius 1 is 0.938 bits per heavy atom. The van der Waals surface area contributed by atoms with Gasteiger partial charge in [0, 0.05) is 24.1 Å². The number of nitrogens with one attached hydrogen (secondary N) is 1. The van der Waals surface area contributed by atoms with Gasteiger partial charge in [0.15, 0.2) is 0 Å². The van der Waals surface area contributed by atoms with Crippen molar-refractivity contribution in [3.05, 3.63) is 118 Å². The van der Waals surface area contributed by atoms with E-state index in [1.54, 1.807) is 24.3 Å². The number of aromatic hydroxyl groups is 1. The van der Waals surface area contributed by atoms with Gasteiger partial charge in [0.2, 0.25) is 5.91 Å². The summed E-state index contributed by atoms with van der Waals surface area (Å²) in [6.45, 7) is 0. The van der Waals surface area contributed by atoms with Crippen LogP contribution in [0, 0.1) is 10.1 Å². The molecule has 6 heteroatoms. The van der Waals surface area contributed by atoms with E-state index < -0.39 is 11.0 Å². The molecule has 0 bridgehead atoms. The summed E-state index contributed by atoms with van der Waals surface area (Å²) in [4.78, 5) is 23.8. The molecule has 0 aliphatic rings. The smallest absolute Gasteiger partial charge is 0.269 e. The Bertz CT molecular complexity index is 1270. The van der Waals surface area contributed by atoms with Crippen LogP contribution in [0.3, 0.4) is 0 Å². The number of nitro groups is 1. The number of phenolic OH excluding ortho intramolecular Hbond substituents is 1. The molecule has 0 aliphatic carbocycles. The molecular formula is C26H22N2O4. The molecular weight excluding hydrogens is 404 g/mol. The highest BCUT2D eigenvalue weighted by Crippen LogP contribution is 2.36. The third-order valence-corrected chi connectivity index (χ3v) is 5.44. The van der Waals surface area contributed by atoms with Crippen LogP contribution >= 0.6 is 0 Å². The molecule has 32 heavy (non-hydrogen) atoms. The normalized spacial score (nSPS) is 11.8. The van der Waals surface area contributed by atoms with E-state index in [0.29, 0.717) is 17.5 Å². The highest BCUT2D eigenvalue weighted by Gasteiger charge is 2.24. The maximum atomic E-state index is 12.9. The number of carbonyl (C=O) groups excluding carboxylic acids is 1. The number of nitro benzene ring substituents is 1. The number of hydrogen-bond acceptors (Lipinski definition) is 4. The van der Waals surface area contributed by atoms with Gasteiger partial charge in [0.1, 0.15) is 5.75 Å². The summed E-state index contributed by atoms with van der Waals surface area (Å²) in [6, 6.07) is 26.0. The second-order valence-corrected chi connectivity index (χ2v) is 7.56. The number of benzene rings is 4. The van der Waals surface area contributed by atoms with Crippen LogP contribution < -0.4 is 5.32 Å². The van der Waals surface area contributed by atoms with E-state index in [2.05, 4.69) is 5.32 Å². The van der Waals surface area contributed by atoms with Gasteiger partial charge in [-0.1, -0.05) is 72.8 Å². The largest absolute Gasteiger partial charge is 0.508 e. The number of aryl methyl sites for hydroxylation is 1. The third kappa shape index (κ3) is 4.59. The molecule has 0 saturated carbocycles. The Morgan fingerprint density at radius 2 is 1.69 bits per heavy atom. The first-order chi connectivity index (χ1) is 15.5. The molecule has 4 rings (SSSR count). The Labute approximate surface area is 185 Å². The average molecular weight is 426 g/mol. The van der Waals surface area contributed by atoms with Gasteiger partial charge in [-0.2, -0.15) is 0 Å². The van der Waals surface area contributed by atoms with Gasteiger partial charge in [-0.25, -0.2) is 0 Å². The molecule has 6 nitrogen and oxygen atoms in total. The zero-order chi connectivity index (χ0) is 22.5. The summed E-state index contributed by atoms with van der Waals surface area (Å²) >= 11 is 0. The lowest BCUT2D eigenvalue weighted by Crippen LogP contribution is -2.29. The van der Waals surface area contributed by atoms with Gasteiger partial charge in [0.05, 0.1) is 11.0 Å². The van der Waals surface area contributed by atoms with Crippen molar-refractivity contribution >= 4 is 22.4 Å². The van der Waals surface area contributed by atoms with Crippen molar-refractivity contribution < 1.29 is 14.8 Å².